The quantitative estimate of drug-likeness (QED) is 0.839. The smallest absolute Gasteiger partial charge is 0.260 e. The molecule has 0 saturated carbocycles. The molecule has 94 valence electrons. The Bertz CT molecular complexity index is 629. The summed E-state index contributed by atoms with van der Waals surface area (Å²) < 4.78 is 26.3. The van der Waals surface area contributed by atoms with E-state index in [-0.39, 0.29) is 17.3 Å². The lowest BCUT2D eigenvalue weighted by Crippen LogP contribution is -2.25. The van der Waals surface area contributed by atoms with Gasteiger partial charge in [-0.1, -0.05) is 0 Å². The fraction of sp³-hybridized carbons (Fsp3) is 0.0909. The third-order valence-corrected chi connectivity index (χ3v) is 3.65. The molecule has 2 aromatic rings. The second-order valence-corrected chi connectivity index (χ2v) is 5.26. The van der Waals surface area contributed by atoms with Crippen LogP contribution in [0.1, 0.15) is 5.56 Å². The number of nitrogens with zero attached hydrogens (tertiary/aromatic N) is 2. The lowest BCUT2D eigenvalue weighted by molar-refractivity contribution is 0.578. The van der Waals surface area contributed by atoms with E-state index in [2.05, 4.69) is 14.7 Å². The highest BCUT2D eigenvalue weighted by atomic mass is 32.2. The zero-order chi connectivity index (χ0) is 13.0. The van der Waals surface area contributed by atoms with Crippen LogP contribution in [-0.2, 0) is 16.6 Å². The van der Waals surface area contributed by atoms with Crippen molar-refractivity contribution in [2.24, 2.45) is 0 Å². The van der Waals surface area contributed by atoms with Crippen molar-refractivity contribution in [3.05, 3.63) is 48.4 Å². The van der Waals surface area contributed by atoms with E-state index in [0.717, 1.165) is 5.56 Å². The molecular formula is C11H12N4O2S. The molecule has 0 atom stereocenters. The SMILES string of the molecule is Nc1cccnc1S(=O)(=O)NCc1ccncc1. The molecule has 0 aliphatic rings. The van der Waals surface area contributed by atoms with Crippen molar-refractivity contribution >= 4 is 15.7 Å². The molecule has 0 saturated heterocycles. The summed E-state index contributed by atoms with van der Waals surface area (Å²) in [4.78, 5) is 7.63. The van der Waals surface area contributed by atoms with E-state index in [9.17, 15) is 8.42 Å². The number of hydrogen-bond donors (Lipinski definition) is 2. The van der Waals surface area contributed by atoms with E-state index in [1.54, 1.807) is 30.6 Å². The third kappa shape index (κ3) is 2.82. The highest BCUT2D eigenvalue weighted by molar-refractivity contribution is 7.89. The van der Waals surface area contributed by atoms with Gasteiger partial charge in [-0.3, -0.25) is 4.98 Å². The molecule has 2 rings (SSSR count). The molecule has 0 unspecified atom stereocenters. The summed E-state index contributed by atoms with van der Waals surface area (Å²) in [5.41, 5.74) is 6.52. The van der Waals surface area contributed by atoms with Crippen molar-refractivity contribution < 1.29 is 8.42 Å². The predicted molar refractivity (Wildman–Crippen MR) is 66.9 cm³/mol. The molecule has 2 heterocycles. The topological polar surface area (TPSA) is 98.0 Å². The van der Waals surface area contributed by atoms with Crippen molar-refractivity contribution in [1.82, 2.24) is 14.7 Å². The molecular weight excluding hydrogens is 252 g/mol. The molecule has 0 aliphatic heterocycles. The van der Waals surface area contributed by atoms with Crippen LogP contribution in [0.5, 0.6) is 0 Å². The van der Waals surface area contributed by atoms with Crippen LogP contribution < -0.4 is 10.5 Å². The predicted octanol–water partition coefficient (Wildman–Crippen LogP) is 0.537. The number of anilines is 1. The molecule has 0 amide bonds. The summed E-state index contributed by atoms with van der Waals surface area (Å²) in [5, 5.41) is -0.154. The summed E-state index contributed by atoms with van der Waals surface area (Å²) in [6.45, 7) is 0.168. The Morgan fingerprint density at radius 3 is 2.56 bits per heavy atom. The second-order valence-electron chi connectivity index (χ2n) is 3.58. The number of nitrogens with two attached hydrogens (primary N) is 1. The van der Waals surface area contributed by atoms with E-state index in [1.165, 1.54) is 12.3 Å². The molecule has 0 aliphatic carbocycles. The van der Waals surface area contributed by atoms with Crippen LogP contribution in [0.3, 0.4) is 0 Å². The second kappa shape index (κ2) is 5.11. The van der Waals surface area contributed by atoms with Gasteiger partial charge < -0.3 is 5.73 Å². The fourth-order valence-corrected chi connectivity index (χ4v) is 2.45. The fourth-order valence-electron chi connectivity index (χ4n) is 1.38. The molecule has 3 N–H and O–H groups in total. The lowest BCUT2D eigenvalue weighted by atomic mass is 10.3. The normalized spacial score (nSPS) is 11.3. The third-order valence-electron chi connectivity index (χ3n) is 2.27. The number of rotatable bonds is 4. The zero-order valence-electron chi connectivity index (χ0n) is 9.45. The number of pyridine rings is 2. The summed E-state index contributed by atoms with van der Waals surface area (Å²) in [7, 11) is -3.70. The summed E-state index contributed by atoms with van der Waals surface area (Å²) in [6.07, 6.45) is 4.58. The Labute approximate surface area is 105 Å². The average molecular weight is 264 g/mol. The number of nitrogens with one attached hydrogen (secondary N) is 1. The maximum absolute atomic E-state index is 12.0. The van der Waals surface area contributed by atoms with E-state index in [4.69, 9.17) is 5.73 Å². The Hall–Kier alpha value is -1.99. The van der Waals surface area contributed by atoms with Gasteiger partial charge in [-0.15, -0.1) is 0 Å². The Morgan fingerprint density at radius 2 is 1.89 bits per heavy atom. The van der Waals surface area contributed by atoms with Crippen LogP contribution in [0.2, 0.25) is 0 Å². The van der Waals surface area contributed by atoms with Crippen LogP contribution >= 0.6 is 0 Å². The molecule has 18 heavy (non-hydrogen) atoms. The number of hydrogen-bond acceptors (Lipinski definition) is 5. The highest BCUT2D eigenvalue weighted by Gasteiger charge is 2.18. The Balaban J connectivity index is 2.16. The number of aromatic nitrogens is 2. The first-order valence-corrected chi connectivity index (χ1v) is 6.67. The van der Waals surface area contributed by atoms with Crippen LogP contribution in [0.15, 0.2) is 47.9 Å². The minimum atomic E-state index is -3.70. The van der Waals surface area contributed by atoms with Crippen molar-refractivity contribution in [2.75, 3.05) is 5.73 Å². The van der Waals surface area contributed by atoms with Gasteiger partial charge in [0.15, 0.2) is 5.03 Å². The highest BCUT2D eigenvalue weighted by Crippen LogP contribution is 2.13. The first kappa shape index (κ1) is 12.5. The molecule has 0 aromatic carbocycles. The van der Waals surface area contributed by atoms with Crippen LogP contribution in [0.25, 0.3) is 0 Å². The summed E-state index contributed by atoms with van der Waals surface area (Å²) >= 11 is 0. The average Bonchev–Trinajstić information content (AvgIpc) is 2.38. The first-order valence-electron chi connectivity index (χ1n) is 5.18. The van der Waals surface area contributed by atoms with Gasteiger partial charge in [0, 0.05) is 25.1 Å². The lowest BCUT2D eigenvalue weighted by Gasteiger charge is -2.07. The maximum atomic E-state index is 12.0. The van der Waals surface area contributed by atoms with Crippen molar-refractivity contribution in [3.63, 3.8) is 0 Å². The molecule has 7 heteroatoms. The molecule has 2 aromatic heterocycles. The van der Waals surface area contributed by atoms with Gasteiger partial charge in [0.05, 0.1) is 5.69 Å². The van der Waals surface area contributed by atoms with Gasteiger partial charge in [0.2, 0.25) is 0 Å². The van der Waals surface area contributed by atoms with E-state index in [1.807, 2.05) is 0 Å². The van der Waals surface area contributed by atoms with Gasteiger partial charge in [-0.25, -0.2) is 18.1 Å². The van der Waals surface area contributed by atoms with Crippen molar-refractivity contribution in [3.8, 4) is 0 Å². The maximum Gasteiger partial charge on any atom is 0.260 e. The van der Waals surface area contributed by atoms with Gasteiger partial charge >= 0.3 is 0 Å². The van der Waals surface area contributed by atoms with Crippen LogP contribution in [-0.4, -0.2) is 18.4 Å². The minimum Gasteiger partial charge on any atom is -0.396 e. The first-order chi connectivity index (χ1) is 8.59. The monoisotopic (exact) mass is 264 g/mol. The van der Waals surface area contributed by atoms with Crippen molar-refractivity contribution in [2.45, 2.75) is 11.6 Å². The molecule has 0 fully saturated rings. The van der Waals surface area contributed by atoms with Gasteiger partial charge in [0.25, 0.3) is 10.0 Å². The van der Waals surface area contributed by atoms with E-state index < -0.39 is 10.0 Å². The number of sulfonamides is 1. The summed E-state index contributed by atoms with van der Waals surface area (Å²) in [5.74, 6) is 0. The molecule has 6 nitrogen and oxygen atoms in total. The van der Waals surface area contributed by atoms with Gasteiger partial charge in [-0.2, -0.15) is 0 Å². The molecule has 0 radical (unpaired) electrons. The Kier molecular flexibility index (Phi) is 3.54. The largest absolute Gasteiger partial charge is 0.396 e. The minimum absolute atomic E-state index is 0.125. The Morgan fingerprint density at radius 1 is 1.17 bits per heavy atom. The van der Waals surface area contributed by atoms with Crippen LogP contribution in [0, 0.1) is 0 Å². The van der Waals surface area contributed by atoms with Crippen molar-refractivity contribution in [1.29, 1.82) is 0 Å². The summed E-state index contributed by atoms with van der Waals surface area (Å²) in [6, 6.07) is 6.53. The number of nitrogen functional groups attached to an aromatic ring is 1. The van der Waals surface area contributed by atoms with Crippen LogP contribution in [0.4, 0.5) is 5.69 Å². The standard InChI is InChI=1S/C11H12N4O2S/c12-10-2-1-5-14-11(10)18(16,17)15-8-9-3-6-13-7-4-9/h1-7,15H,8,12H2. The van der Waals surface area contributed by atoms with Gasteiger partial charge in [0.1, 0.15) is 0 Å². The van der Waals surface area contributed by atoms with E-state index in [0.29, 0.717) is 0 Å². The van der Waals surface area contributed by atoms with Gasteiger partial charge in [-0.05, 0) is 29.8 Å². The molecule has 0 spiro atoms. The zero-order valence-corrected chi connectivity index (χ0v) is 10.3. The van der Waals surface area contributed by atoms with E-state index >= 15 is 0 Å². The molecule has 0 bridgehead atoms.